The highest BCUT2D eigenvalue weighted by Gasteiger charge is 2.54. The minimum Gasteiger partial charge on any atom is -0.478 e. The van der Waals surface area contributed by atoms with E-state index >= 15 is 0 Å². The number of nitrogens with one attached hydrogen (secondary N) is 2. The zero-order valence-electron chi connectivity index (χ0n) is 22.0. The molecule has 0 spiro atoms. The normalized spacial score (nSPS) is 23.4. The molecule has 5 atom stereocenters. The first-order chi connectivity index (χ1) is 20.0. The van der Waals surface area contributed by atoms with Crippen LogP contribution in [0.3, 0.4) is 0 Å². The molecule has 13 heteroatoms. The van der Waals surface area contributed by atoms with Gasteiger partial charge in [-0.1, -0.05) is 48.5 Å². The van der Waals surface area contributed by atoms with Crippen molar-refractivity contribution in [3.8, 4) is 0 Å². The van der Waals surface area contributed by atoms with Gasteiger partial charge in [0.15, 0.2) is 29.5 Å². The van der Waals surface area contributed by atoms with Crippen LogP contribution in [0.4, 0.5) is 10.6 Å². The largest absolute Gasteiger partial charge is 0.478 e. The van der Waals surface area contributed by atoms with Gasteiger partial charge >= 0.3 is 12.0 Å². The summed E-state index contributed by atoms with van der Waals surface area (Å²) in [7, 11) is 0. The molecule has 2 aromatic carbocycles. The number of hydrogen-bond donors (Lipinski definition) is 3. The first-order valence-corrected chi connectivity index (χ1v) is 13.2. The van der Waals surface area contributed by atoms with E-state index in [0.717, 1.165) is 5.56 Å². The third kappa shape index (κ3) is 5.35. The van der Waals surface area contributed by atoms with Crippen LogP contribution in [0, 0.1) is 0 Å². The number of carbonyl (C=O) groups excluding carboxylic acids is 1. The summed E-state index contributed by atoms with van der Waals surface area (Å²) in [5.41, 5.74) is 2.44. The molecule has 6 rings (SSSR count). The van der Waals surface area contributed by atoms with Crippen molar-refractivity contribution in [2.24, 2.45) is 0 Å². The number of aromatic carboxylic acids is 1. The standard InChI is InChI=1S/C28H28N6O7/c1-2-29-28(37)33-23-20-24(31-14-30-23)34(15-32-20)25-22-21(40-27(41-22)16-8-4-3-5-9-16)19(39-25)13-38-12-17-10-6-7-11-18(17)26(35)36/h3-11,14-15,19,21-22,25,27H,2,12-13H2,1H3,(H,35,36)(H2,29,30,31,33,37)/t19-,21?,22+,25-,27+/m1/s1. The number of anilines is 1. The van der Waals surface area contributed by atoms with E-state index in [0.29, 0.717) is 23.3 Å². The van der Waals surface area contributed by atoms with Crippen LogP contribution in [0.2, 0.25) is 0 Å². The third-order valence-electron chi connectivity index (χ3n) is 6.91. The van der Waals surface area contributed by atoms with Crippen LogP contribution in [-0.4, -0.2) is 68.1 Å². The van der Waals surface area contributed by atoms with Crippen LogP contribution < -0.4 is 10.6 Å². The first kappa shape index (κ1) is 26.8. The van der Waals surface area contributed by atoms with Gasteiger partial charge in [0, 0.05) is 12.1 Å². The van der Waals surface area contributed by atoms with E-state index in [1.54, 1.807) is 35.2 Å². The highest BCUT2D eigenvalue weighted by molar-refractivity contribution is 5.95. The molecule has 2 saturated heterocycles. The van der Waals surface area contributed by atoms with E-state index < -0.39 is 42.8 Å². The molecule has 0 saturated carbocycles. The Hall–Kier alpha value is -4.43. The number of imidazole rings is 1. The van der Waals surface area contributed by atoms with Crippen LogP contribution in [-0.2, 0) is 25.6 Å². The molecule has 212 valence electrons. The predicted molar refractivity (Wildman–Crippen MR) is 144 cm³/mol. The summed E-state index contributed by atoms with van der Waals surface area (Å²) < 4.78 is 26.8. The molecule has 41 heavy (non-hydrogen) atoms. The monoisotopic (exact) mass is 560 g/mol. The van der Waals surface area contributed by atoms with Gasteiger partial charge in [-0.05, 0) is 18.6 Å². The van der Waals surface area contributed by atoms with Crippen molar-refractivity contribution >= 4 is 29.0 Å². The van der Waals surface area contributed by atoms with Gasteiger partial charge in [-0.15, -0.1) is 0 Å². The Balaban J connectivity index is 1.25. The summed E-state index contributed by atoms with van der Waals surface area (Å²) >= 11 is 0. The lowest BCUT2D eigenvalue weighted by molar-refractivity contribution is -0.158. The molecule has 2 amide bonds. The van der Waals surface area contributed by atoms with E-state index in [4.69, 9.17) is 18.9 Å². The maximum Gasteiger partial charge on any atom is 0.336 e. The van der Waals surface area contributed by atoms with Crippen molar-refractivity contribution in [1.82, 2.24) is 24.8 Å². The maximum absolute atomic E-state index is 12.1. The van der Waals surface area contributed by atoms with Gasteiger partial charge in [0.2, 0.25) is 0 Å². The fourth-order valence-corrected chi connectivity index (χ4v) is 5.04. The second-order valence-corrected chi connectivity index (χ2v) is 9.52. The summed E-state index contributed by atoms with van der Waals surface area (Å²) in [4.78, 5) is 36.7. The van der Waals surface area contributed by atoms with Crippen molar-refractivity contribution in [2.45, 2.75) is 44.4 Å². The number of hydrogen-bond acceptors (Lipinski definition) is 9. The molecule has 4 heterocycles. The van der Waals surface area contributed by atoms with Crippen LogP contribution in [0.5, 0.6) is 0 Å². The minimum absolute atomic E-state index is 0.0867. The highest BCUT2D eigenvalue weighted by Crippen LogP contribution is 2.45. The average Bonchev–Trinajstić information content (AvgIpc) is 3.69. The zero-order valence-corrected chi connectivity index (χ0v) is 22.0. The quantitative estimate of drug-likeness (QED) is 0.277. The second-order valence-electron chi connectivity index (χ2n) is 9.52. The van der Waals surface area contributed by atoms with Crippen LogP contribution in [0.15, 0.2) is 67.3 Å². The van der Waals surface area contributed by atoms with Gasteiger partial charge in [-0.25, -0.2) is 24.5 Å². The summed E-state index contributed by atoms with van der Waals surface area (Å²) in [5, 5.41) is 14.9. The number of benzene rings is 2. The number of nitrogens with zero attached hydrogens (tertiary/aromatic N) is 4. The molecule has 0 aliphatic carbocycles. The second kappa shape index (κ2) is 11.6. The van der Waals surface area contributed by atoms with E-state index in [2.05, 4.69) is 25.6 Å². The summed E-state index contributed by atoms with van der Waals surface area (Å²) in [5.74, 6) is -0.758. The number of carbonyl (C=O) groups is 2. The Morgan fingerprint density at radius 2 is 1.78 bits per heavy atom. The van der Waals surface area contributed by atoms with Crippen molar-refractivity contribution in [3.63, 3.8) is 0 Å². The number of urea groups is 1. The summed E-state index contributed by atoms with van der Waals surface area (Å²) in [6, 6.07) is 15.9. The molecule has 4 aromatic rings. The fourth-order valence-electron chi connectivity index (χ4n) is 5.04. The van der Waals surface area contributed by atoms with Crippen molar-refractivity contribution < 1.29 is 33.6 Å². The van der Waals surface area contributed by atoms with Crippen molar-refractivity contribution in [2.75, 3.05) is 18.5 Å². The Labute approximate surface area is 234 Å². The van der Waals surface area contributed by atoms with Gasteiger partial charge in [-0.3, -0.25) is 9.88 Å². The lowest BCUT2D eigenvalue weighted by Gasteiger charge is -2.21. The molecule has 3 N–H and O–H groups in total. The number of rotatable bonds is 9. The number of amides is 2. The van der Waals surface area contributed by atoms with E-state index in [-0.39, 0.29) is 24.6 Å². The smallest absolute Gasteiger partial charge is 0.336 e. The molecule has 0 bridgehead atoms. The van der Waals surface area contributed by atoms with Gasteiger partial charge in [-0.2, -0.15) is 0 Å². The number of ether oxygens (including phenoxy) is 4. The van der Waals surface area contributed by atoms with Gasteiger partial charge in [0.25, 0.3) is 0 Å². The van der Waals surface area contributed by atoms with E-state index in [1.807, 2.05) is 37.3 Å². The third-order valence-corrected chi connectivity index (χ3v) is 6.91. The molecule has 2 fully saturated rings. The van der Waals surface area contributed by atoms with E-state index in [1.165, 1.54) is 6.33 Å². The molecule has 13 nitrogen and oxygen atoms in total. The zero-order chi connectivity index (χ0) is 28.3. The molecule has 2 aliphatic heterocycles. The van der Waals surface area contributed by atoms with Crippen molar-refractivity contribution in [3.05, 3.63) is 83.9 Å². The summed E-state index contributed by atoms with van der Waals surface area (Å²) in [6.45, 7) is 2.49. The fraction of sp³-hybridized carbons (Fsp3) is 0.321. The lowest BCUT2D eigenvalue weighted by atomic mass is 10.1. The number of fused-ring (bicyclic) bond motifs is 2. The van der Waals surface area contributed by atoms with Crippen LogP contribution in [0.25, 0.3) is 11.2 Å². The van der Waals surface area contributed by atoms with Gasteiger partial charge in [0.1, 0.15) is 24.6 Å². The minimum atomic E-state index is -1.02. The molecule has 2 aliphatic rings. The number of aromatic nitrogens is 4. The summed E-state index contributed by atoms with van der Waals surface area (Å²) in [6.07, 6.45) is 0.0453. The average molecular weight is 561 g/mol. The molecule has 1 unspecified atom stereocenters. The first-order valence-electron chi connectivity index (χ1n) is 13.2. The Morgan fingerprint density at radius 1 is 1.00 bits per heavy atom. The van der Waals surface area contributed by atoms with Gasteiger partial charge < -0.3 is 29.4 Å². The molecule has 0 radical (unpaired) electrons. The lowest BCUT2D eigenvalue weighted by Crippen LogP contribution is -2.31. The Bertz CT molecular complexity index is 1550. The van der Waals surface area contributed by atoms with Crippen molar-refractivity contribution in [1.29, 1.82) is 0 Å². The topological polar surface area (TPSA) is 159 Å². The molecular weight excluding hydrogens is 532 g/mol. The molecule has 2 aromatic heterocycles. The SMILES string of the molecule is CCNC(=O)Nc1ncnc2c1ncn2[C@@H]1O[C@H](COCc2ccccc2C(=O)O)C2O[C@H](c3ccccc3)O[C@@H]21. The van der Waals surface area contributed by atoms with Crippen LogP contribution >= 0.6 is 0 Å². The van der Waals surface area contributed by atoms with Gasteiger partial charge in [0.05, 0.1) is 25.1 Å². The van der Waals surface area contributed by atoms with Crippen LogP contribution in [0.1, 0.15) is 40.9 Å². The maximum atomic E-state index is 12.1. The Morgan fingerprint density at radius 3 is 2.59 bits per heavy atom. The van der Waals surface area contributed by atoms with E-state index in [9.17, 15) is 14.7 Å². The molecular formula is C28H28N6O7. The Kier molecular flexibility index (Phi) is 7.57. The predicted octanol–water partition coefficient (Wildman–Crippen LogP) is 3.26. The highest BCUT2D eigenvalue weighted by atomic mass is 16.8. The number of carboxylic acids is 1. The number of carboxylic acid groups (broad SMARTS) is 1.